The molecule has 0 unspecified atom stereocenters. The predicted molar refractivity (Wildman–Crippen MR) is 124 cm³/mol. The Labute approximate surface area is 190 Å². The molecule has 0 saturated heterocycles. The van der Waals surface area contributed by atoms with E-state index in [2.05, 4.69) is 10.6 Å². The van der Waals surface area contributed by atoms with Crippen LogP contribution < -0.4 is 15.5 Å². The van der Waals surface area contributed by atoms with Gasteiger partial charge in [-0.3, -0.25) is 14.4 Å². The fourth-order valence-corrected chi connectivity index (χ4v) is 3.55. The maximum Gasteiger partial charge on any atom is 0.283 e. The van der Waals surface area contributed by atoms with E-state index >= 15 is 0 Å². The first-order valence-electron chi connectivity index (χ1n) is 10.1. The van der Waals surface area contributed by atoms with E-state index in [9.17, 15) is 14.4 Å². The molecule has 3 amide bonds. The van der Waals surface area contributed by atoms with Crippen molar-refractivity contribution in [2.75, 3.05) is 16.8 Å². The quantitative estimate of drug-likeness (QED) is 0.537. The first-order valence-corrected chi connectivity index (χ1v) is 10.4. The van der Waals surface area contributed by atoms with Gasteiger partial charge in [-0.1, -0.05) is 60.1 Å². The van der Waals surface area contributed by atoms with Crippen LogP contribution in [0.1, 0.15) is 15.9 Å². The number of carbonyl (C=O) groups excluding carboxylic acids is 3. The third-order valence-electron chi connectivity index (χ3n) is 5.00. The van der Waals surface area contributed by atoms with Gasteiger partial charge in [-0.15, -0.1) is 0 Å². The largest absolute Gasteiger partial charge is 0.352 e. The van der Waals surface area contributed by atoms with Gasteiger partial charge in [-0.25, -0.2) is 4.90 Å². The van der Waals surface area contributed by atoms with Gasteiger partial charge in [0.15, 0.2) is 0 Å². The second kappa shape index (κ2) is 9.49. The van der Waals surface area contributed by atoms with Crippen LogP contribution in [0.2, 0.25) is 0 Å². The van der Waals surface area contributed by atoms with Gasteiger partial charge >= 0.3 is 0 Å². The highest BCUT2D eigenvalue weighted by Crippen LogP contribution is 2.29. The summed E-state index contributed by atoms with van der Waals surface area (Å²) < 4.78 is 0. The SMILES string of the molecule is O=C(NCCc1ccccc1)c1ccc(NC2=C(Cl)C(=O)N(c3ccccc3)C2=O)cc1. The lowest BCUT2D eigenvalue weighted by Crippen LogP contribution is -2.32. The van der Waals surface area contributed by atoms with Crippen LogP contribution in [0, 0.1) is 0 Å². The minimum Gasteiger partial charge on any atom is -0.352 e. The Balaban J connectivity index is 1.38. The second-order valence-electron chi connectivity index (χ2n) is 7.16. The molecule has 0 saturated carbocycles. The summed E-state index contributed by atoms with van der Waals surface area (Å²) in [6.07, 6.45) is 0.743. The first kappa shape index (κ1) is 21.3. The van der Waals surface area contributed by atoms with Crippen molar-refractivity contribution in [3.05, 3.63) is 107 Å². The van der Waals surface area contributed by atoms with Crippen LogP contribution in [0.15, 0.2) is 95.7 Å². The van der Waals surface area contributed by atoms with Crippen molar-refractivity contribution in [1.82, 2.24) is 5.32 Å². The third kappa shape index (κ3) is 4.55. The Kier molecular flexibility index (Phi) is 6.33. The molecule has 0 radical (unpaired) electrons. The van der Waals surface area contributed by atoms with E-state index in [1.165, 1.54) is 0 Å². The summed E-state index contributed by atoms with van der Waals surface area (Å²) in [6, 6.07) is 25.1. The smallest absolute Gasteiger partial charge is 0.283 e. The monoisotopic (exact) mass is 445 g/mol. The summed E-state index contributed by atoms with van der Waals surface area (Å²) in [7, 11) is 0. The highest BCUT2D eigenvalue weighted by atomic mass is 35.5. The lowest BCUT2D eigenvalue weighted by molar-refractivity contribution is -0.120. The fraction of sp³-hybridized carbons (Fsp3) is 0.0800. The van der Waals surface area contributed by atoms with E-state index in [0.29, 0.717) is 23.5 Å². The standard InChI is InChI=1S/C25H20ClN3O3/c26-21-22(25(32)29(24(21)31)20-9-5-2-6-10-20)28-19-13-11-18(12-14-19)23(30)27-16-15-17-7-3-1-4-8-17/h1-14,28H,15-16H2,(H,27,30). The van der Waals surface area contributed by atoms with Crippen molar-refractivity contribution in [3.63, 3.8) is 0 Å². The summed E-state index contributed by atoms with van der Waals surface area (Å²) >= 11 is 6.15. The molecule has 1 heterocycles. The van der Waals surface area contributed by atoms with Crippen molar-refractivity contribution >= 4 is 40.7 Å². The number of rotatable bonds is 7. The van der Waals surface area contributed by atoms with E-state index in [1.54, 1.807) is 54.6 Å². The molecule has 3 aromatic carbocycles. The molecule has 0 atom stereocenters. The summed E-state index contributed by atoms with van der Waals surface area (Å²) in [5.74, 6) is -1.30. The van der Waals surface area contributed by atoms with Crippen molar-refractivity contribution in [1.29, 1.82) is 0 Å². The highest BCUT2D eigenvalue weighted by Gasteiger charge is 2.38. The van der Waals surface area contributed by atoms with Crippen molar-refractivity contribution in [2.24, 2.45) is 0 Å². The lowest BCUT2D eigenvalue weighted by Gasteiger charge is -2.15. The first-order chi connectivity index (χ1) is 15.5. The Morgan fingerprint density at radius 3 is 2.09 bits per heavy atom. The van der Waals surface area contributed by atoms with Gasteiger partial charge in [0, 0.05) is 17.8 Å². The average molecular weight is 446 g/mol. The van der Waals surface area contributed by atoms with Crippen LogP contribution in [-0.4, -0.2) is 24.3 Å². The number of hydrogen-bond donors (Lipinski definition) is 2. The molecule has 0 aliphatic carbocycles. The summed E-state index contributed by atoms with van der Waals surface area (Å²) in [5, 5.41) is 5.61. The summed E-state index contributed by atoms with van der Waals surface area (Å²) in [6.45, 7) is 0.525. The Hall–Kier alpha value is -3.90. The number of halogens is 1. The molecule has 6 nitrogen and oxygen atoms in total. The van der Waals surface area contributed by atoms with Gasteiger partial charge in [0.2, 0.25) is 0 Å². The Morgan fingerprint density at radius 2 is 1.44 bits per heavy atom. The number of para-hydroxylation sites is 1. The van der Waals surface area contributed by atoms with Gasteiger partial charge in [0.25, 0.3) is 17.7 Å². The van der Waals surface area contributed by atoms with Crippen molar-refractivity contribution < 1.29 is 14.4 Å². The normalized spacial score (nSPS) is 13.5. The topological polar surface area (TPSA) is 78.5 Å². The van der Waals surface area contributed by atoms with E-state index in [1.807, 2.05) is 30.3 Å². The minimum atomic E-state index is -0.584. The van der Waals surface area contributed by atoms with Gasteiger partial charge in [0.1, 0.15) is 10.7 Å². The molecular formula is C25H20ClN3O3. The maximum atomic E-state index is 12.8. The third-order valence-corrected chi connectivity index (χ3v) is 5.35. The number of nitrogens with one attached hydrogen (secondary N) is 2. The predicted octanol–water partition coefficient (Wildman–Crippen LogP) is 4.09. The number of anilines is 2. The molecule has 32 heavy (non-hydrogen) atoms. The molecule has 0 spiro atoms. The van der Waals surface area contributed by atoms with Crippen LogP contribution in [0.3, 0.4) is 0 Å². The van der Waals surface area contributed by atoms with Crippen molar-refractivity contribution in [2.45, 2.75) is 6.42 Å². The van der Waals surface area contributed by atoms with Crippen LogP contribution in [0.25, 0.3) is 0 Å². The molecule has 0 bridgehead atoms. The number of amides is 3. The van der Waals surface area contributed by atoms with E-state index in [-0.39, 0.29) is 16.6 Å². The van der Waals surface area contributed by atoms with Crippen LogP contribution in [0.5, 0.6) is 0 Å². The van der Waals surface area contributed by atoms with Gasteiger partial charge < -0.3 is 10.6 Å². The minimum absolute atomic E-state index is 0.000539. The molecule has 2 N–H and O–H groups in total. The highest BCUT2D eigenvalue weighted by molar-refractivity contribution is 6.53. The van der Waals surface area contributed by atoms with Crippen LogP contribution >= 0.6 is 11.6 Å². The molecule has 0 aromatic heterocycles. The Bertz CT molecular complexity index is 1180. The van der Waals surface area contributed by atoms with E-state index in [4.69, 9.17) is 11.6 Å². The summed E-state index contributed by atoms with van der Waals surface area (Å²) in [5.41, 5.74) is 2.62. The van der Waals surface area contributed by atoms with Gasteiger partial charge in [0.05, 0.1) is 5.69 Å². The molecule has 4 rings (SSSR count). The molecule has 160 valence electrons. The number of nitrogens with zero attached hydrogens (tertiary/aromatic N) is 1. The van der Waals surface area contributed by atoms with Gasteiger partial charge in [-0.05, 0) is 48.4 Å². The molecule has 0 fully saturated rings. The zero-order valence-corrected chi connectivity index (χ0v) is 17.8. The maximum absolute atomic E-state index is 12.8. The van der Waals surface area contributed by atoms with Crippen LogP contribution in [-0.2, 0) is 16.0 Å². The Morgan fingerprint density at radius 1 is 0.812 bits per heavy atom. The number of carbonyl (C=O) groups is 3. The summed E-state index contributed by atoms with van der Waals surface area (Å²) in [4.78, 5) is 38.7. The molecular weight excluding hydrogens is 426 g/mol. The number of imide groups is 1. The number of benzene rings is 3. The molecule has 1 aliphatic heterocycles. The molecule has 3 aromatic rings. The lowest BCUT2D eigenvalue weighted by atomic mass is 10.1. The van der Waals surface area contributed by atoms with Crippen LogP contribution in [0.4, 0.5) is 11.4 Å². The van der Waals surface area contributed by atoms with Gasteiger partial charge in [-0.2, -0.15) is 0 Å². The zero-order valence-electron chi connectivity index (χ0n) is 17.0. The zero-order chi connectivity index (χ0) is 22.5. The average Bonchev–Trinajstić information content (AvgIpc) is 3.03. The van der Waals surface area contributed by atoms with Crippen molar-refractivity contribution in [3.8, 4) is 0 Å². The molecule has 7 heteroatoms. The second-order valence-corrected chi connectivity index (χ2v) is 7.54. The fourth-order valence-electron chi connectivity index (χ4n) is 3.34. The molecule has 1 aliphatic rings. The van der Waals surface area contributed by atoms with E-state index < -0.39 is 11.8 Å². The van der Waals surface area contributed by atoms with E-state index in [0.717, 1.165) is 16.9 Å². The number of hydrogen-bond acceptors (Lipinski definition) is 4.